The summed E-state index contributed by atoms with van der Waals surface area (Å²) in [7, 11) is 0. The SMILES string of the molecule is O=C(c1csnn1)N1CCC(c2nc(-c3ccncc3)[nH]c(=O)c2Cl)CC1. The van der Waals surface area contributed by atoms with E-state index < -0.39 is 0 Å². The van der Waals surface area contributed by atoms with E-state index >= 15 is 0 Å². The molecule has 0 aliphatic carbocycles. The highest BCUT2D eigenvalue weighted by atomic mass is 35.5. The van der Waals surface area contributed by atoms with Crippen LogP contribution in [0.15, 0.2) is 34.7 Å². The third-order valence-electron chi connectivity index (χ3n) is 4.59. The van der Waals surface area contributed by atoms with Gasteiger partial charge in [0.05, 0.1) is 5.69 Å². The monoisotopic (exact) mass is 402 g/mol. The van der Waals surface area contributed by atoms with Gasteiger partial charge in [0.25, 0.3) is 11.5 Å². The van der Waals surface area contributed by atoms with Crippen molar-refractivity contribution in [2.24, 2.45) is 0 Å². The van der Waals surface area contributed by atoms with E-state index in [4.69, 9.17) is 11.6 Å². The zero-order chi connectivity index (χ0) is 18.8. The van der Waals surface area contributed by atoms with Crippen molar-refractivity contribution in [3.05, 3.63) is 56.7 Å². The van der Waals surface area contributed by atoms with Crippen molar-refractivity contribution in [2.45, 2.75) is 18.8 Å². The van der Waals surface area contributed by atoms with Gasteiger partial charge in [0.15, 0.2) is 5.69 Å². The molecule has 138 valence electrons. The first-order valence-electron chi connectivity index (χ1n) is 8.40. The van der Waals surface area contributed by atoms with E-state index in [2.05, 4.69) is 24.5 Å². The van der Waals surface area contributed by atoms with Crippen molar-refractivity contribution >= 4 is 29.0 Å². The molecule has 0 spiro atoms. The van der Waals surface area contributed by atoms with Gasteiger partial charge in [0.2, 0.25) is 0 Å². The van der Waals surface area contributed by atoms with E-state index in [1.807, 2.05) is 0 Å². The second-order valence-corrected chi connectivity index (χ2v) is 7.19. The number of hydrogen-bond donors (Lipinski definition) is 1. The maximum absolute atomic E-state index is 12.4. The molecule has 0 bridgehead atoms. The van der Waals surface area contributed by atoms with Gasteiger partial charge in [-0.25, -0.2) is 4.98 Å². The Balaban J connectivity index is 1.55. The number of halogens is 1. The largest absolute Gasteiger partial charge is 0.337 e. The molecule has 27 heavy (non-hydrogen) atoms. The Morgan fingerprint density at radius 3 is 2.67 bits per heavy atom. The zero-order valence-corrected chi connectivity index (χ0v) is 15.7. The topological polar surface area (TPSA) is 105 Å². The Morgan fingerprint density at radius 2 is 2.00 bits per heavy atom. The third kappa shape index (κ3) is 3.60. The third-order valence-corrected chi connectivity index (χ3v) is 5.46. The first-order valence-corrected chi connectivity index (χ1v) is 9.61. The van der Waals surface area contributed by atoms with E-state index in [1.54, 1.807) is 34.8 Å². The highest BCUT2D eigenvalue weighted by Crippen LogP contribution is 2.31. The van der Waals surface area contributed by atoms with Crippen LogP contribution in [0.25, 0.3) is 11.4 Å². The van der Waals surface area contributed by atoms with Crippen molar-refractivity contribution in [1.82, 2.24) is 29.4 Å². The van der Waals surface area contributed by atoms with E-state index in [-0.39, 0.29) is 22.4 Å². The molecule has 3 aromatic heterocycles. The van der Waals surface area contributed by atoms with Crippen LogP contribution in [-0.2, 0) is 0 Å². The second kappa shape index (κ2) is 7.53. The minimum atomic E-state index is -0.361. The number of nitrogens with one attached hydrogen (secondary N) is 1. The minimum absolute atomic E-state index is 0.0120. The standard InChI is InChI=1S/C17H15ClN6O2S/c18-13-14(20-15(21-16(13)25)11-1-5-19-6-2-11)10-3-7-24(8-4-10)17(26)12-9-27-23-22-12/h1-2,5-6,9-10H,3-4,7-8H2,(H,20,21,25). The molecule has 0 saturated carbocycles. The molecule has 0 aromatic carbocycles. The van der Waals surface area contributed by atoms with Crippen LogP contribution in [0, 0.1) is 0 Å². The quantitative estimate of drug-likeness (QED) is 0.721. The Bertz CT molecular complexity index is 1000. The molecule has 0 atom stereocenters. The van der Waals surface area contributed by atoms with E-state index in [9.17, 15) is 9.59 Å². The summed E-state index contributed by atoms with van der Waals surface area (Å²) in [5.41, 5.74) is 1.35. The van der Waals surface area contributed by atoms with Gasteiger partial charge in [-0.15, -0.1) is 5.10 Å². The molecule has 4 rings (SSSR count). The molecule has 1 N–H and O–H groups in total. The number of aromatic amines is 1. The first kappa shape index (κ1) is 17.7. The summed E-state index contributed by atoms with van der Waals surface area (Å²) in [6.45, 7) is 1.10. The Kier molecular flexibility index (Phi) is 4.95. The lowest BCUT2D eigenvalue weighted by Crippen LogP contribution is -2.38. The molecule has 0 radical (unpaired) electrons. The zero-order valence-electron chi connectivity index (χ0n) is 14.1. The van der Waals surface area contributed by atoms with Crippen LogP contribution in [0.4, 0.5) is 0 Å². The average Bonchev–Trinajstić information content (AvgIpc) is 3.25. The van der Waals surface area contributed by atoms with Crippen molar-refractivity contribution in [2.75, 3.05) is 13.1 Å². The Labute approximate surface area is 163 Å². The number of nitrogens with zero attached hydrogens (tertiary/aromatic N) is 5. The fraction of sp³-hybridized carbons (Fsp3) is 0.294. The molecule has 3 aromatic rings. The summed E-state index contributed by atoms with van der Waals surface area (Å²) < 4.78 is 3.73. The highest BCUT2D eigenvalue weighted by molar-refractivity contribution is 7.03. The van der Waals surface area contributed by atoms with Gasteiger partial charge in [0, 0.05) is 42.3 Å². The van der Waals surface area contributed by atoms with E-state index in [0.717, 1.165) is 17.1 Å². The van der Waals surface area contributed by atoms with Crippen LogP contribution < -0.4 is 5.56 Å². The number of likely N-dealkylation sites (tertiary alicyclic amines) is 1. The maximum atomic E-state index is 12.4. The second-order valence-electron chi connectivity index (χ2n) is 6.21. The average molecular weight is 403 g/mol. The van der Waals surface area contributed by atoms with Gasteiger partial charge >= 0.3 is 0 Å². The summed E-state index contributed by atoms with van der Waals surface area (Å²) in [6.07, 6.45) is 4.63. The van der Waals surface area contributed by atoms with Crippen LogP contribution in [0.5, 0.6) is 0 Å². The molecule has 1 aliphatic rings. The number of carbonyl (C=O) groups excluding carboxylic acids is 1. The highest BCUT2D eigenvalue weighted by Gasteiger charge is 2.28. The fourth-order valence-electron chi connectivity index (χ4n) is 3.17. The number of carbonyl (C=O) groups is 1. The lowest BCUT2D eigenvalue weighted by atomic mass is 9.93. The van der Waals surface area contributed by atoms with Gasteiger partial charge in [-0.05, 0) is 36.5 Å². The fourth-order valence-corrected chi connectivity index (χ4v) is 3.84. The minimum Gasteiger partial charge on any atom is -0.337 e. The molecular weight excluding hydrogens is 388 g/mol. The van der Waals surface area contributed by atoms with E-state index in [0.29, 0.717) is 43.1 Å². The van der Waals surface area contributed by atoms with Gasteiger partial charge in [-0.3, -0.25) is 14.6 Å². The molecule has 0 unspecified atom stereocenters. The maximum Gasteiger partial charge on any atom is 0.275 e. The number of aromatic nitrogens is 5. The molecule has 1 saturated heterocycles. The molecule has 4 heterocycles. The van der Waals surface area contributed by atoms with Crippen molar-refractivity contribution in [3.63, 3.8) is 0 Å². The van der Waals surface area contributed by atoms with Crippen LogP contribution in [0.3, 0.4) is 0 Å². The van der Waals surface area contributed by atoms with Gasteiger partial charge in [-0.2, -0.15) is 0 Å². The summed E-state index contributed by atoms with van der Waals surface area (Å²) in [5.74, 6) is 0.358. The molecule has 1 fully saturated rings. The molecule has 10 heteroatoms. The summed E-state index contributed by atoms with van der Waals surface area (Å²) >= 11 is 7.40. The molecule has 1 aliphatic heterocycles. The molecule has 8 nitrogen and oxygen atoms in total. The number of pyridine rings is 1. The number of amides is 1. The summed E-state index contributed by atoms with van der Waals surface area (Å²) in [5, 5.41) is 5.59. The van der Waals surface area contributed by atoms with Crippen LogP contribution in [0.2, 0.25) is 5.02 Å². The van der Waals surface area contributed by atoms with Gasteiger partial charge < -0.3 is 9.88 Å². The molecular formula is C17H15ClN6O2S. The summed E-state index contributed by atoms with van der Waals surface area (Å²) in [4.78, 5) is 37.7. The van der Waals surface area contributed by atoms with E-state index in [1.165, 1.54) is 0 Å². The van der Waals surface area contributed by atoms with Crippen molar-refractivity contribution in [1.29, 1.82) is 0 Å². The van der Waals surface area contributed by atoms with Gasteiger partial charge in [-0.1, -0.05) is 16.1 Å². The lowest BCUT2D eigenvalue weighted by Gasteiger charge is -2.31. The Hall–Kier alpha value is -2.65. The summed E-state index contributed by atoms with van der Waals surface area (Å²) in [6, 6.07) is 3.55. The van der Waals surface area contributed by atoms with Crippen LogP contribution in [0.1, 0.15) is 34.9 Å². The van der Waals surface area contributed by atoms with Crippen molar-refractivity contribution < 1.29 is 4.79 Å². The Morgan fingerprint density at radius 1 is 1.26 bits per heavy atom. The predicted octanol–water partition coefficient (Wildman–Crippen LogP) is 2.36. The number of rotatable bonds is 3. The number of H-pyrrole nitrogens is 1. The van der Waals surface area contributed by atoms with Gasteiger partial charge in [0.1, 0.15) is 10.8 Å². The van der Waals surface area contributed by atoms with Crippen LogP contribution in [-0.4, -0.2) is 48.4 Å². The predicted molar refractivity (Wildman–Crippen MR) is 101 cm³/mol. The molecule has 1 amide bonds. The smallest absolute Gasteiger partial charge is 0.275 e. The number of piperidine rings is 1. The lowest BCUT2D eigenvalue weighted by molar-refractivity contribution is 0.0706. The van der Waals surface area contributed by atoms with Crippen molar-refractivity contribution in [3.8, 4) is 11.4 Å². The van der Waals surface area contributed by atoms with Crippen LogP contribution >= 0.6 is 23.1 Å². The number of hydrogen-bond acceptors (Lipinski definition) is 7. The first-order chi connectivity index (χ1) is 13.1. The normalized spacial score (nSPS) is 15.1.